The van der Waals surface area contributed by atoms with E-state index in [2.05, 4.69) is 33.4 Å². The highest BCUT2D eigenvalue weighted by molar-refractivity contribution is 6.42. The van der Waals surface area contributed by atoms with Gasteiger partial charge < -0.3 is 10.2 Å². The first kappa shape index (κ1) is 20.6. The van der Waals surface area contributed by atoms with Gasteiger partial charge in [0.25, 0.3) is 0 Å². The molecule has 2 heterocycles. The molecule has 1 aromatic heterocycles. The molecule has 1 unspecified atom stereocenters. The standard InChI is InChI=1S/C23H22Cl2N4O/c1-15-5-2-3-7-18(15)21-10-11-22(28-27-21)29-12-4-6-16(14-29)23(30)26-17-8-9-19(24)20(25)13-17/h2-3,5,7-11,13,16H,4,6,12,14H2,1H3,(H,26,30). The summed E-state index contributed by atoms with van der Waals surface area (Å²) in [5.74, 6) is 0.632. The highest BCUT2D eigenvalue weighted by Crippen LogP contribution is 2.27. The number of benzene rings is 2. The second-order valence-electron chi connectivity index (χ2n) is 7.50. The van der Waals surface area contributed by atoms with E-state index < -0.39 is 0 Å². The Morgan fingerprint density at radius 3 is 2.63 bits per heavy atom. The van der Waals surface area contributed by atoms with E-state index in [-0.39, 0.29) is 11.8 Å². The molecule has 0 aliphatic carbocycles. The number of aryl methyl sites for hydroxylation is 1. The molecule has 5 nitrogen and oxygen atoms in total. The Kier molecular flexibility index (Phi) is 6.21. The Bertz CT molecular complexity index is 1060. The molecule has 1 fully saturated rings. The van der Waals surface area contributed by atoms with Crippen LogP contribution in [0.2, 0.25) is 10.0 Å². The van der Waals surface area contributed by atoms with Crippen molar-refractivity contribution < 1.29 is 4.79 Å². The maximum Gasteiger partial charge on any atom is 0.229 e. The quantitative estimate of drug-likeness (QED) is 0.572. The van der Waals surface area contributed by atoms with Gasteiger partial charge >= 0.3 is 0 Å². The third-order valence-electron chi connectivity index (χ3n) is 5.37. The molecule has 4 rings (SSSR count). The lowest BCUT2D eigenvalue weighted by molar-refractivity contribution is -0.120. The molecule has 1 aliphatic rings. The maximum atomic E-state index is 12.8. The molecular weight excluding hydrogens is 419 g/mol. The second-order valence-corrected chi connectivity index (χ2v) is 8.31. The fourth-order valence-corrected chi connectivity index (χ4v) is 4.01. The van der Waals surface area contributed by atoms with Crippen molar-refractivity contribution in [1.29, 1.82) is 0 Å². The Morgan fingerprint density at radius 2 is 1.90 bits per heavy atom. The van der Waals surface area contributed by atoms with Crippen molar-refractivity contribution >= 4 is 40.6 Å². The molecule has 1 atom stereocenters. The van der Waals surface area contributed by atoms with Gasteiger partial charge in [-0.15, -0.1) is 10.2 Å². The van der Waals surface area contributed by atoms with Crippen LogP contribution in [0.4, 0.5) is 11.5 Å². The maximum absolute atomic E-state index is 12.8. The number of hydrogen-bond acceptors (Lipinski definition) is 4. The molecule has 154 valence electrons. The fraction of sp³-hybridized carbons (Fsp3) is 0.261. The predicted octanol–water partition coefficient (Wildman–Crippen LogP) is 5.61. The van der Waals surface area contributed by atoms with Crippen LogP contribution >= 0.6 is 23.2 Å². The first-order valence-electron chi connectivity index (χ1n) is 9.92. The number of hydrogen-bond donors (Lipinski definition) is 1. The van der Waals surface area contributed by atoms with Crippen molar-refractivity contribution in [3.63, 3.8) is 0 Å². The lowest BCUT2D eigenvalue weighted by Crippen LogP contribution is -2.41. The Labute approximate surface area is 186 Å². The molecule has 30 heavy (non-hydrogen) atoms. The van der Waals surface area contributed by atoms with Crippen LogP contribution in [0.3, 0.4) is 0 Å². The summed E-state index contributed by atoms with van der Waals surface area (Å²) in [6, 6.07) is 17.2. The van der Waals surface area contributed by atoms with Crippen molar-refractivity contribution in [3.8, 4) is 11.3 Å². The summed E-state index contributed by atoms with van der Waals surface area (Å²) in [4.78, 5) is 14.9. The minimum atomic E-state index is -0.133. The zero-order chi connectivity index (χ0) is 21.1. The van der Waals surface area contributed by atoms with E-state index in [0.29, 0.717) is 22.3 Å². The molecule has 1 aliphatic heterocycles. The van der Waals surface area contributed by atoms with Crippen molar-refractivity contribution in [1.82, 2.24) is 10.2 Å². The highest BCUT2D eigenvalue weighted by atomic mass is 35.5. The van der Waals surface area contributed by atoms with E-state index in [1.165, 1.54) is 0 Å². The summed E-state index contributed by atoms with van der Waals surface area (Å²) in [6.07, 6.45) is 1.75. The number of rotatable bonds is 4. The van der Waals surface area contributed by atoms with Crippen LogP contribution < -0.4 is 10.2 Å². The number of nitrogens with one attached hydrogen (secondary N) is 1. The van der Waals surface area contributed by atoms with Gasteiger partial charge in [-0.2, -0.15) is 0 Å². The van der Waals surface area contributed by atoms with Crippen LogP contribution in [0.5, 0.6) is 0 Å². The van der Waals surface area contributed by atoms with Gasteiger partial charge in [-0.1, -0.05) is 47.5 Å². The normalized spacial score (nSPS) is 16.4. The number of halogens is 2. The molecule has 0 radical (unpaired) electrons. The summed E-state index contributed by atoms with van der Waals surface area (Å²) in [5, 5.41) is 12.7. The number of nitrogens with zero attached hydrogens (tertiary/aromatic N) is 3. The lowest BCUT2D eigenvalue weighted by atomic mass is 9.97. The van der Waals surface area contributed by atoms with Gasteiger partial charge in [0.15, 0.2) is 5.82 Å². The zero-order valence-corrected chi connectivity index (χ0v) is 18.1. The van der Waals surface area contributed by atoms with E-state index in [4.69, 9.17) is 23.2 Å². The molecule has 2 aromatic carbocycles. The molecular formula is C23H22Cl2N4O. The molecule has 1 amide bonds. The highest BCUT2D eigenvalue weighted by Gasteiger charge is 2.27. The monoisotopic (exact) mass is 440 g/mol. The second kappa shape index (κ2) is 9.02. The smallest absolute Gasteiger partial charge is 0.229 e. The average Bonchev–Trinajstić information content (AvgIpc) is 2.77. The fourth-order valence-electron chi connectivity index (χ4n) is 3.72. The molecule has 1 saturated heterocycles. The lowest BCUT2D eigenvalue weighted by Gasteiger charge is -2.32. The summed E-state index contributed by atoms with van der Waals surface area (Å²) in [5.41, 5.74) is 3.74. The third-order valence-corrected chi connectivity index (χ3v) is 6.11. The van der Waals surface area contributed by atoms with Crippen LogP contribution in [0.25, 0.3) is 11.3 Å². The summed E-state index contributed by atoms with van der Waals surface area (Å²) in [7, 11) is 0. The molecule has 0 bridgehead atoms. The van der Waals surface area contributed by atoms with Crippen molar-refractivity contribution in [3.05, 3.63) is 70.2 Å². The van der Waals surface area contributed by atoms with Crippen LogP contribution in [0, 0.1) is 12.8 Å². The summed E-state index contributed by atoms with van der Waals surface area (Å²) >= 11 is 12.0. The van der Waals surface area contributed by atoms with Crippen LogP contribution in [0.15, 0.2) is 54.6 Å². The largest absolute Gasteiger partial charge is 0.354 e. The van der Waals surface area contributed by atoms with Gasteiger partial charge in [-0.25, -0.2) is 0 Å². The zero-order valence-electron chi connectivity index (χ0n) is 16.6. The molecule has 0 saturated carbocycles. The molecule has 3 aromatic rings. The first-order chi connectivity index (χ1) is 14.5. The van der Waals surface area contributed by atoms with Crippen molar-refractivity contribution in [2.24, 2.45) is 5.92 Å². The Balaban J connectivity index is 1.44. The Hall–Kier alpha value is -2.63. The van der Waals surface area contributed by atoms with Gasteiger partial charge in [0, 0.05) is 24.3 Å². The molecule has 1 N–H and O–H groups in total. The number of piperidine rings is 1. The van der Waals surface area contributed by atoms with E-state index in [9.17, 15) is 4.79 Å². The van der Waals surface area contributed by atoms with Crippen LogP contribution in [-0.2, 0) is 4.79 Å². The van der Waals surface area contributed by atoms with E-state index in [1.54, 1.807) is 18.2 Å². The Morgan fingerprint density at radius 1 is 1.07 bits per heavy atom. The van der Waals surface area contributed by atoms with Crippen LogP contribution in [0.1, 0.15) is 18.4 Å². The topological polar surface area (TPSA) is 58.1 Å². The van der Waals surface area contributed by atoms with E-state index >= 15 is 0 Å². The van der Waals surface area contributed by atoms with Gasteiger partial charge in [-0.05, 0) is 55.7 Å². The van der Waals surface area contributed by atoms with Crippen molar-refractivity contribution in [2.75, 3.05) is 23.3 Å². The minimum Gasteiger partial charge on any atom is -0.354 e. The van der Waals surface area contributed by atoms with Gasteiger partial charge in [0.05, 0.1) is 21.7 Å². The SMILES string of the molecule is Cc1ccccc1-c1ccc(N2CCCC(C(=O)Nc3ccc(Cl)c(Cl)c3)C2)nn1. The third kappa shape index (κ3) is 4.58. The van der Waals surface area contributed by atoms with E-state index in [1.807, 2.05) is 30.3 Å². The van der Waals surface area contributed by atoms with Gasteiger partial charge in [-0.3, -0.25) is 4.79 Å². The molecule has 0 spiro atoms. The summed E-state index contributed by atoms with van der Waals surface area (Å²) in [6.45, 7) is 3.52. The van der Waals surface area contributed by atoms with Crippen molar-refractivity contribution in [2.45, 2.75) is 19.8 Å². The van der Waals surface area contributed by atoms with Gasteiger partial charge in [0.1, 0.15) is 0 Å². The first-order valence-corrected chi connectivity index (χ1v) is 10.7. The number of anilines is 2. The minimum absolute atomic E-state index is 0.0254. The summed E-state index contributed by atoms with van der Waals surface area (Å²) < 4.78 is 0. The molecule has 7 heteroatoms. The number of amides is 1. The predicted molar refractivity (Wildman–Crippen MR) is 122 cm³/mol. The van der Waals surface area contributed by atoms with E-state index in [0.717, 1.165) is 42.0 Å². The van der Waals surface area contributed by atoms with Gasteiger partial charge in [0.2, 0.25) is 5.91 Å². The van der Waals surface area contributed by atoms with Crippen LogP contribution in [-0.4, -0.2) is 29.2 Å². The number of carbonyl (C=O) groups excluding carboxylic acids is 1. The average molecular weight is 441 g/mol. The number of aromatic nitrogens is 2. The number of carbonyl (C=O) groups is 1.